The first-order valence-corrected chi connectivity index (χ1v) is 7.80. The number of carbonyl (C=O) groups excluding carboxylic acids is 1. The van der Waals surface area contributed by atoms with Gasteiger partial charge in [-0.15, -0.1) is 0 Å². The normalized spacial score (nSPS) is 10.5. The van der Waals surface area contributed by atoms with E-state index in [1.807, 2.05) is 36.5 Å². The number of aromatic nitrogens is 2. The van der Waals surface area contributed by atoms with Crippen LogP contribution in [0.5, 0.6) is 11.5 Å². The van der Waals surface area contributed by atoms with Crippen LogP contribution in [0, 0.1) is 0 Å². The van der Waals surface area contributed by atoms with Crippen LogP contribution in [0.2, 0.25) is 0 Å². The smallest absolute Gasteiger partial charge is 0.257 e. The molecule has 0 fully saturated rings. The van der Waals surface area contributed by atoms with Gasteiger partial charge in [-0.2, -0.15) is 5.10 Å². The molecule has 0 spiro atoms. The summed E-state index contributed by atoms with van der Waals surface area (Å²) >= 11 is 0. The zero-order valence-corrected chi connectivity index (χ0v) is 14.1. The number of hydrogen-bond acceptors (Lipinski definition) is 4. The lowest BCUT2D eigenvalue weighted by molar-refractivity contribution is 0.0781. The Kier molecular flexibility index (Phi) is 4.70. The van der Waals surface area contributed by atoms with Crippen molar-refractivity contribution in [3.05, 3.63) is 72.1 Å². The highest BCUT2D eigenvalue weighted by Crippen LogP contribution is 2.30. The fourth-order valence-electron chi connectivity index (χ4n) is 2.63. The van der Waals surface area contributed by atoms with Gasteiger partial charge in [-0.3, -0.25) is 4.79 Å². The van der Waals surface area contributed by atoms with Crippen LogP contribution >= 0.6 is 0 Å². The van der Waals surface area contributed by atoms with Crippen molar-refractivity contribution >= 4 is 5.91 Å². The maximum Gasteiger partial charge on any atom is 0.257 e. The van der Waals surface area contributed by atoms with E-state index in [0.29, 0.717) is 6.54 Å². The summed E-state index contributed by atoms with van der Waals surface area (Å²) in [6.45, 7) is 0.407. The minimum atomic E-state index is -0.277. The molecule has 0 saturated carbocycles. The lowest BCUT2D eigenvalue weighted by Gasteiger charge is -2.19. The Morgan fingerprint density at radius 1 is 1.24 bits per heavy atom. The third kappa shape index (κ3) is 3.47. The van der Waals surface area contributed by atoms with Crippen molar-refractivity contribution in [2.75, 3.05) is 14.2 Å². The van der Waals surface area contributed by atoms with Crippen molar-refractivity contribution < 1.29 is 14.6 Å². The monoisotopic (exact) mass is 337 g/mol. The average Bonchev–Trinajstić information content (AvgIpc) is 3.16. The second kappa shape index (κ2) is 7.09. The molecule has 0 unspecified atom stereocenters. The van der Waals surface area contributed by atoms with Gasteiger partial charge in [-0.1, -0.05) is 18.2 Å². The molecule has 6 heteroatoms. The van der Waals surface area contributed by atoms with Gasteiger partial charge in [0.05, 0.1) is 18.4 Å². The number of rotatable bonds is 5. The number of amides is 1. The number of phenols is 1. The second-order valence-corrected chi connectivity index (χ2v) is 5.64. The highest BCUT2D eigenvalue weighted by Gasteiger charge is 2.18. The Balaban J connectivity index is 1.79. The molecule has 25 heavy (non-hydrogen) atoms. The van der Waals surface area contributed by atoms with E-state index in [4.69, 9.17) is 4.74 Å². The van der Waals surface area contributed by atoms with Crippen molar-refractivity contribution in [2.24, 2.45) is 0 Å². The maximum atomic E-state index is 12.6. The van der Waals surface area contributed by atoms with Gasteiger partial charge in [0.15, 0.2) is 11.5 Å². The lowest BCUT2D eigenvalue weighted by atomic mass is 10.1. The number of ether oxygens (including phenoxy) is 1. The Bertz CT molecular complexity index is 875. The van der Waals surface area contributed by atoms with Crippen LogP contribution in [0.15, 0.2) is 60.9 Å². The fraction of sp³-hybridized carbons (Fsp3) is 0.158. The van der Waals surface area contributed by atoms with Crippen LogP contribution in [-0.4, -0.2) is 39.9 Å². The van der Waals surface area contributed by atoms with Crippen LogP contribution in [0.3, 0.4) is 0 Å². The second-order valence-electron chi connectivity index (χ2n) is 5.64. The van der Waals surface area contributed by atoms with Crippen molar-refractivity contribution in [1.29, 1.82) is 0 Å². The third-order valence-corrected chi connectivity index (χ3v) is 3.90. The van der Waals surface area contributed by atoms with Gasteiger partial charge in [-0.25, -0.2) is 4.68 Å². The molecular formula is C19H19N3O3. The maximum absolute atomic E-state index is 12.6. The van der Waals surface area contributed by atoms with Gasteiger partial charge in [0.2, 0.25) is 0 Å². The van der Waals surface area contributed by atoms with Gasteiger partial charge < -0.3 is 14.7 Å². The number of carbonyl (C=O) groups is 1. The van der Waals surface area contributed by atoms with Crippen molar-refractivity contribution in [1.82, 2.24) is 14.7 Å². The van der Waals surface area contributed by atoms with Crippen molar-refractivity contribution in [3.63, 3.8) is 0 Å². The molecule has 1 heterocycles. The molecule has 1 amide bonds. The number of nitrogens with zero attached hydrogens (tertiary/aromatic N) is 3. The summed E-state index contributed by atoms with van der Waals surface area (Å²) in [6, 6.07) is 14.5. The first kappa shape index (κ1) is 16.6. The molecule has 0 aliphatic rings. The quantitative estimate of drug-likeness (QED) is 0.777. The predicted molar refractivity (Wildman–Crippen MR) is 94.0 cm³/mol. The fourth-order valence-corrected chi connectivity index (χ4v) is 2.63. The molecule has 0 aliphatic carbocycles. The minimum Gasteiger partial charge on any atom is -0.504 e. The number of hydrogen-bond donors (Lipinski definition) is 1. The predicted octanol–water partition coefficient (Wildman–Crippen LogP) is 2.86. The van der Waals surface area contributed by atoms with Crippen molar-refractivity contribution in [3.8, 4) is 17.2 Å². The van der Waals surface area contributed by atoms with Gasteiger partial charge in [-0.05, 0) is 35.9 Å². The van der Waals surface area contributed by atoms with E-state index in [2.05, 4.69) is 5.10 Å². The van der Waals surface area contributed by atoms with E-state index in [-0.39, 0.29) is 23.0 Å². The molecular weight excluding hydrogens is 318 g/mol. The van der Waals surface area contributed by atoms with Crippen LogP contribution < -0.4 is 4.74 Å². The summed E-state index contributed by atoms with van der Waals surface area (Å²) in [5.74, 6) is -0.145. The third-order valence-electron chi connectivity index (χ3n) is 3.90. The molecule has 1 N–H and O–H groups in total. The molecule has 3 rings (SSSR count). The summed E-state index contributed by atoms with van der Waals surface area (Å²) in [7, 11) is 3.15. The summed E-state index contributed by atoms with van der Waals surface area (Å²) in [4.78, 5) is 14.2. The standard InChI is InChI=1S/C19H19N3O3/c1-21(19(24)16-8-4-9-17(25-2)18(16)23)13-14-6-3-7-15(12-14)22-11-5-10-20-22/h3-12,23H,13H2,1-2H3. The zero-order chi connectivity index (χ0) is 17.8. The van der Waals surface area contributed by atoms with E-state index < -0.39 is 0 Å². The molecule has 0 saturated heterocycles. The summed E-state index contributed by atoms with van der Waals surface area (Å²) in [5, 5.41) is 14.4. The topological polar surface area (TPSA) is 67.6 Å². The molecule has 0 radical (unpaired) electrons. The van der Waals surface area contributed by atoms with Crippen LogP contribution in [0.25, 0.3) is 5.69 Å². The molecule has 6 nitrogen and oxygen atoms in total. The minimum absolute atomic E-state index is 0.146. The van der Waals surface area contributed by atoms with E-state index >= 15 is 0 Å². The number of para-hydroxylation sites is 1. The summed E-state index contributed by atoms with van der Waals surface area (Å²) < 4.78 is 6.82. The van der Waals surface area contributed by atoms with Gasteiger partial charge >= 0.3 is 0 Å². The number of benzene rings is 2. The number of aromatic hydroxyl groups is 1. The Morgan fingerprint density at radius 3 is 2.76 bits per heavy atom. The summed E-state index contributed by atoms with van der Waals surface area (Å²) in [5.41, 5.74) is 2.10. The highest BCUT2D eigenvalue weighted by molar-refractivity contribution is 5.97. The molecule has 1 aromatic heterocycles. The lowest BCUT2D eigenvalue weighted by Crippen LogP contribution is -2.26. The largest absolute Gasteiger partial charge is 0.504 e. The Morgan fingerprint density at radius 2 is 2.04 bits per heavy atom. The van der Waals surface area contributed by atoms with Crippen LogP contribution in [0.4, 0.5) is 0 Å². The average molecular weight is 337 g/mol. The van der Waals surface area contributed by atoms with E-state index in [1.165, 1.54) is 7.11 Å². The first-order chi connectivity index (χ1) is 12.1. The zero-order valence-electron chi connectivity index (χ0n) is 14.1. The van der Waals surface area contributed by atoms with E-state index in [9.17, 15) is 9.90 Å². The molecule has 3 aromatic rings. The van der Waals surface area contributed by atoms with Crippen molar-refractivity contribution in [2.45, 2.75) is 6.54 Å². The Hall–Kier alpha value is -3.28. The Labute approximate surface area is 145 Å². The van der Waals surface area contributed by atoms with E-state index in [1.54, 1.807) is 41.0 Å². The number of phenolic OH excluding ortho intramolecular Hbond substituents is 1. The SMILES string of the molecule is COc1cccc(C(=O)N(C)Cc2cccc(-n3cccn3)c2)c1O. The van der Waals surface area contributed by atoms with Crippen LogP contribution in [0.1, 0.15) is 15.9 Å². The van der Waals surface area contributed by atoms with E-state index in [0.717, 1.165) is 11.3 Å². The number of methoxy groups -OCH3 is 1. The molecule has 0 atom stereocenters. The molecule has 2 aromatic carbocycles. The summed E-state index contributed by atoms with van der Waals surface area (Å²) in [6.07, 6.45) is 3.58. The molecule has 128 valence electrons. The molecule has 0 bridgehead atoms. The molecule has 0 aliphatic heterocycles. The van der Waals surface area contributed by atoms with Gasteiger partial charge in [0, 0.05) is 26.0 Å². The van der Waals surface area contributed by atoms with Gasteiger partial charge in [0.1, 0.15) is 0 Å². The van der Waals surface area contributed by atoms with Crippen LogP contribution in [-0.2, 0) is 6.54 Å². The highest BCUT2D eigenvalue weighted by atomic mass is 16.5. The van der Waals surface area contributed by atoms with Gasteiger partial charge in [0.25, 0.3) is 5.91 Å². The first-order valence-electron chi connectivity index (χ1n) is 7.80.